The van der Waals surface area contributed by atoms with Gasteiger partial charge in [-0.05, 0) is 31.0 Å². The van der Waals surface area contributed by atoms with Gasteiger partial charge in [-0.15, -0.1) is 0 Å². The van der Waals surface area contributed by atoms with E-state index in [2.05, 4.69) is 24.1 Å². The number of phenols is 1. The van der Waals surface area contributed by atoms with E-state index in [4.69, 9.17) is 0 Å². The van der Waals surface area contributed by atoms with Gasteiger partial charge in [-0.1, -0.05) is 19.1 Å². The van der Waals surface area contributed by atoms with Crippen LogP contribution in [0.25, 0.3) is 0 Å². The van der Waals surface area contributed by atoms with E-state index in [0.29, 0.717) is 17.8 Å². The Labute approximate surface area is 103 Å². The van der Waals surface area contributed by atoms with Crippen molar-refractivity contribution in [3.63, 3.8) is 0 Å². The third kappa shape index (κ3) is 3.20. The molecule has 1 aromatic rings. The van der Waals surface area contributed by atoms with Crippen molar-refractivity contribution >= 4 is 0 Å². The van der Waals surface area contributed by atoms with Crippen LogP contribution in [-0.2, 0) is 6.54 Å². The molecule has 0 bridgehead atoms. The second-order valence-electron chi connectivity index (χ2n) is 4.96. The van der Waals surface area contributed by atoms with Gasteiger partial charge < -0.3 is 10.4 Å². The van der Waals surface area contributed by atoms with E-state index in [1.54, 1.807) is 12.1 Å². The molecule has 2 rings (SSSR count). The summed E-state index contributed by atoms with van der Waals surface area (Å²) < 4.78 is 0. The second-order valence-corrected chi connectivity index (χ2v) is 4.96. The Kier molecular flexibility index (Phi) is 4.02. The minimum atomic E-state index is 0.341. The van der Waals surface area contributed by atoms with Crippen LogP contribution in [0, 0.1) is 0 Å². The first-order valence-electron chi connectivity index (χ1n) is 6.44. The molecule has 0 spiro atoms. The molecule has 3 nitrogen and oxygen atoms in total. The summed E-state index contributed by atoms with van der Waals surface area (Å²) in [5.74, 6) is 0.341. The largest absolute Gasteiger partial charge is 0.508 e. The Morgan fingerprint density at radius 1 is 1.35 bits per heavy atom. The van der Waals surface area contributed by atoms with E-state index in [9.17, 15) is 5.11 Å². The minimum absolute atomic E-state index is 0.341. The molecule has 1 aliphatic heterocycles. The fourth-order valence-electron chi connectivity index (χ4n) is 2.32. The van der Waals surface area contributed by atoms with Crippen molar-refractivity contribution in [3.05, 3.63) is 29.8 Å². The Hall–Kier alpha value is -1.06. The zero-order valence-electron chi connectivity index (χ0n) is 10.7. The molecule has 0 amide bonds. The first-order valence-corrected chi connectivity index (χ1v) is 6.44. The lowest BCUT2D eigenvalue weighted by atomic mass is 10.1. The van der Waals surface area contributed by atoms with E-state index >= 15 is 0 Å². The molecule has 3 heteroatoms. The molecule has 1 saturated heterocycles. The average Bonchev–Trinajstić information content (AvgIpc) is 2.35. The van der Waals surface area contributed by atoms with Crippen molar-refractivity contribution in [1.29, 1.82) is 0 Å². The molecule has 0 aromatic heterocycles. The maximum absolute atomic E-state index is 9.27. The average molecular weight is 234 g/mol. The number of aromatic hydroxyl groups is 1. The molecule has 2 atom stereocenters. The van der Waals surface area contributed by atoms with Gasteiger partial charge in [-0.3, -0.25) is 4.90 Å². The summed E-state index contributed by atoms with van der Waals surface area (Å²) >= 11 is 0. The lowest BCUT2D eigenvalue weighted by Crippen LogP contribution is -2.54. The first kappa shape index (κ1) is 12.4. The van der Waals surface area contributed by atoms with Crippen molar-refractivity contribution in [2.75, 3.05) is 13.1 Å². The number of rotatable bonds is 3. The van der Waals surface area contributed by atoms with Crippen molar-refractivity contribution in [3.8, 4) is 5.75 Å². The highest BCUT2D eigenvalue weighted by Crippen LogP contribution is 2.16. The predicted molar refractivity (Wildman–Crippen MR) is 70.1 cm³/mol. The normalized spacial score (nSPS) is 26.0. The number of benzene rings is 1. The number of nitrogens with one attached hydrogen (secondary N) is 1. The number of nitrogens with zero attached hydrogens (tertiary/aromatic N) is 1. The number of phenolic OH excluding ortho intramolecular Hbond substituents is 1. The summed E-state index contributed by atoms with van der Waals surface area (Å²) in [6.45, 7) is 7.64. The van der Waals surface area contributed by atoms with E-state index in [1.165, 1.54) is 12.0 Å². The summed E-state index contributed by atoms with van der Waals surface area (Å²) in [5, 5.41) is 12.8. The van der Waals surface area contributed by atoms with E-state index in [-0.39, 0.29) is 0 Å². The van der Waals surface area contributed by atoms with Crippen molar-refractivity contribution in [2.24, 2.45) is 0 Å². The van der Waals surface area contributed by atoms with Gasteiger partial charge in [0, 0.05) is 31.7 Å². The maximum Gasteiger partial charge on any atom is 0.115 e. The smallest absolute Gasteiger partial charge is 0.115 e. The highest BCUT2D eigenvalue weighted by Gasteiger charge is 2.23. The van der Waals surface area contributed by atoms with Crippen LogP contribution in [0.5, 0.6) is 5.75 Å². The molecule has 2 N–H and O–H groups in total. The van der Waals surface area contributed by atoms with Gasteiger partial charge in [0.1, 0.15) is 5.75 Å². The first-order chi connectivity index (χ1) is 8.19. The van der Waals surface area contributed by atoms with Crippen molar-refractivity contribution < 1.29 is 5.11 Å². The summed E-state index contributed by atoms with van der Waals surface area (Å²) in [5.41, 5.74) is 1.27. The highest BCUT2D eigenvalue weighted by atomic mass is 16.3. The Bertz CT molecular complexity index is 350. The van der Waals surface area contributed by atoms with Gasteiger partial charge >= 0.3 is 0 Å². The lowest BCUT2D eigenvalue weighted by molar-refractivity contribution is 0.131. The van der Waals surface area contributed by atoms with Crippen LogP contribution in [0.4, 0.5) is 0 Å². The van der Waals surface area contributed by atoms with Gasteiger partial charge in [-0.25, -0.2) is 0 Å². The predicted octanol–water partition coefficient (Wildman–Crippen LogP) is 1.96. The van der Waals surface area contributed by atoms with Gasteiger partial charge in [0.05, 0.1) is 0 Å². The number of hydrogen-bond acceptors (Lipinski definition) is 3. The van der Waals surface area contributed by atoms with Crippen molar-refractivity contribution in [2.45, 2.75) is 38.9 Å². The van der Waals surface area contributed by atoms with Crippen LogP contribution >= 0.6 is 0 Å². The van der Waals surface area contributed by atoms with Gasteiger partial charge in [0.15, 0.2) is 0 Å². The van der Waals surface area contributed by atoms with E-state index in [1.807, 2.05) is 12.1 Å². The fraction of sp³-hybridized carbons (Fsp3) is 0.571. The summed E-state index contributed by atoms with van der Waals surface area (Å²) in [7, 11) is 0. The molecular weight excluding hydrogens is 212 g/mol. The van der Waals surface area contributed by atoms with Crippen LogP contribution in [-0.4, -0.2) is 35.2 Å². The zero-order chi connectivity index (χ0) is 12.3. The van der Waals surface area contributed by atoms with Gasteiger partial charge in [-0.2, -0.15) is 0 Å². The SMILES string of the molecule is CCC1CN(Cc2ccc(O)cc2)C(C)CN1. The van der Waals surface area contributed by atoms with Crippen LogP contribution in [0.15, 0.2) is 24.3 Å². The summed E-state index contributed by atoms with van der Waals surface area (Å²) in [4.78, 5) is 2.51. The monoisotopic (exact) mass is 234 g/mol. The summed E-state index contributed by atoms with van der Waals surface area (Å²) in [6, 6.07) is 8.73. The number of piperazine rings is 1. The molecule has 1 aliphatic rings. The number of hydrogen-bond donors (Lipinski definition) is 2. The topological polar surface area (TPSA) is 35.5 Å². The molecule has 94 valence electrons. The van der Waals surface area contributed by atoms with Crippen LogP contribution < -0.4 is 5.32 Å². The molecule has 2 unspecified atom stereocenters. The molecule has 0 radical (unpaired) electrons. The second kappa shape index (κ2) is 5.52. The third-order valence-electron chi connectivity index (χ3n) is 3.59. The summed E-state index contributed by atoms with van der Waals surface area (Å²) in [6.07, 6.45) is 1.18. The Morgan fingerprint density at radius 2 is 2.06 bits per heavy atom. The van der Waals surface area contributed by atoms with Crippen LogP contribution in [0.2, 0.25) is 0 Å². The van der Waals surface area contributed by atoms with Gasteiger partial charge in [0.2, 0.25) is 0 Å². The van der Waals surface area contributed by atoms with Crippen molar-refractivity contribution in [1.82, 2.24) is 10.2 Å². The standard InChI is InChI=1S/C14H22N2O/c1-3-13-10-16(11(2)8-15-13)9-12-4-6-14(17)7-5-12/h4-7,11,13,15,17H,3,8-10H2,1-2H3. The quantitative estimate of drug-likeness (QED) is 0.839. The zero-order valence-corrected chi connectivity index (χ0v) is 10.7. The van der Waals surface area contributed by atoms with Gasteiger partial charge in [0.25, 0.3) is 0 Å². The molecular formula is C14H22N2O. The molecule has 1 heterocycles. The lowest BCUT2D eigenvalue weighted by Gasteiger charge is -2.38. The van der Waals surface area contributed by atoms with Crippen LogP contribution in [0.1, 0.15) is 25.8 Å². The van der Waals surface area contributed by atoms with Crippen LogP contribution in [0.3, 0.4) is 0 Å². The molecule has 1 aromatic carbocycles. The maximum atomic E-state index is 9.27. The third-order valence-corrected chi connectivity index (χ3v) is 3.59. The highest BCUT2D eigenvalue weighted by molar-refractivity contribution is 5.25. The Morgan fingerprint density at radius 3 is 2.71 bits per heavy atom. The fourth-order valence-corrected chi connectivity index (χ4v) is 2.32. The molecule has 0 saturated carbocycles. The minimum Gasteiger partial charge on any atom is -0.508 e. The van der Waals surface area contributed by atoms with E-state index < -0.39 is 0 Å². The molecule has 1 fully saturated rings. The molecule has 17 heavy (non-hydrogen) atoms. The molecule has 0 aliphatic carbocycles. The Balaban J connectivity index is 1.98. The van der Waals surface area contributed by atoms with E-state index in [0.717, 1.165) is 19.6 Å².